The molecule has 2 aromatic rings. The molecule has 0 aromatic heterocycles. The summed E-state index contributed by atoms with van der Waals surface area (Å²) in [6, 6.07) is 15.2. The molecule has 0 N–H and O–H groups in total. The predicted molar refractivity (Wildman–Crippen MR) is 207 cm³/mol. The number of hydrogen-bond acceptors (Lipinski definition) is 0. The van der Waals surface area contributed by atoms with Gasteiger partial charge in [0, 0.05) is 0 Å². The standard InChI is InChI=1S/C21H25.2C8H15.C5H5.CH2.2ClH.Zr/c1-20(2,3)16-7-9-18-14(12-16)11-15-13-17(21(4,5)6)8-10-19(15)18;2*1-2-8-6-4-3-5-7-8;1-2-4-5-3-1;;;;/h7-10,12H,11H2,1-6H3;2*2,8H,3-7H2,1H3;1-3H,4H2;1H2;2*1H;/q4*-1;;;;. The fourth-order valence-corrected chi connectivity index (χ4v) is 6.30. The second-order valence-electron chi connectivity index (χ2n) is 14.8. The number of fused-ring (bicyclic) bond motifs is 3. The molecule has 6 rings (SSSR count). The summed E-state index contributed by atoms with van der Waals surface area (Å²) in [7, 11) is 0. The van der Waals surface area contributed by atoms with Gasteiger partial charge in [0.15, 0.2) is 0 Å². The second kappa shape index (κ2) is 23.6. The van der Waals surface area contributed by atoms with Crippen molar-refractivity contribution in [2.75, 3.05) is 0 Å². The Morgan fingerprint density at radius 3 is 1.61 bits per heavy atom. The summed E-state index contributed by atoms with van der Waals surface area (Å²) in [6.07, 6.45) is 30.4. The van der Waals surface area contributed by atoms with E-state index in [1.807, 2.05) is 12.2 Å². The number of benzene rings is 2. The van der Waals surface area contributed by atoms with Crippen LogP contribution in [-0.4, -0.2) is 4.21 Å². The molecule has 46 heavy (non-hydrogen) atoms. The van der Waals surface area contributed by atoms with Gasteiger partial charge in [-0.25, -0.2) is 12.2 Å². The van der Waals surface area contributed by atoms with E-state index in [-0.39, 0.29) is 35.6 Å². The van der Waals surface area contributed by atoms with Crippen LogP contribution in [0.2, 0.25) is 0 Å². The first-order valence-electron chi connectivity index (χ1n) is 17.4. The third kappa shape index (κ3) is 15.6. The Balaban J connectivity index is 0.000000669. The van der Waals surface area contributed by atoms with E-state index in [1.165, 1.54) is 122 Å². The molecular formula is C43H64Cl2Zr-4. The second-order valence-corrected chi connectivity index (χ2v) is 14.8. The average molecular weight is 743 g/mol. The van der Waals surface area contributed by atoms with Gasteiger partial charge >= 0.3 is 28.4 Å². The van der Waals surface area contributed by atoms with Gasteiger partial charge < -0.3 is 12.8 Å². The zero-order valence-corrected chi connectivity index (χ0v) is 34.5. The number of hydrogen-bond donors (Lipinski definition) is 0. The predicted octanol–water partition coefficient (Wildman–Crippen LogP) is 13.3. The van der Waals surface area contributed by atoms with E-state index < -0.39 is 0 Å². The van der Waals surface area contributed by atoms with Crippen LogP contribution in [0.4, 0.5) is 0 Å². The Morgan fingerprint density at radius 1 is 0.717 bits per heavy atom. The van der Waals surface area contributed by atoms with E-state index in [4.69, 9.17) is 0 Å². The maximum atomic E-state index is 3.67. The van der Waals surface area contributed by atoms with Gasteiger partial charge in [0.1, 0.15) is 0 Å². The SMILES string of the molecule is CC(C)(C)c1[c-]c2c(cc1)-c1ccc(C(C)(C)C)cc1C2.C[CH-]C1CCCCC1.C[CH-]C1CCCCC1.Cl.Cl.[C-]1=CC=CC1.[CH2]=[Zr]. The molecule has 0 radical (unpaired) electrons. The van der Waals surface area contributed by atoms with Crippen LogP contribution in [0, 0.1) is 36.8 Å². The Labute approximate surface area is 313 Å². The first kappa shape index (κ1) is 45.3. The van der Waals surface area contributed by atoms with Crippen molar-refractivity contribution in [3.05, 3.63) is 95.8 Å². The molecule has 2 fully saturated rings. The summed E-state index contributed by atoms with van der Waals surface area (Å²) in [6.45, 7) is 18.0. The quantitative estimate of drug-likeness (QED) is 0.229. The summed E-state index contributed by atoms with van der Waals surface area (Å²) in [5.41, 5.74) is 8.70. The van der Waals surface area contributed by atoms with Gasteiger partial charge in [0.05, 0.1) is 0 Å². The van der Waals surface area contributed by atoms with Gasteiger partial charge in [0.25, 0.3) is 0 Å². The molecule has 2 saturated carbocycles. The van der Waals surface area contributed by atoms with Gasteiger partial charge in [-0.3, -0.25) is 6.08 Å². The molecule has 258 valence electrons. The summed E-state index contributed by atoms with van der Waals surface area (Å²) < 4.78 is 3.34. The van der Waals surface area contributed by atoms with E-state index in [1.54, 1.807) is 0 Å². The minimum atomic E-state index is 0. The fourth-order valence-electron chi connectivity index (χ4n) is 6.30. The van der Waals surface area contributed by atoms with Crippen LogP contribution in [0.1, 0.15) is 148 Å². The van der Waals surface area contributed by atoms with Crippen molar-refractivity contribution in [3.63, 3.8) is 0 Å². The molecular weight excluding hydrogens is 679 g/mol. The molecule has 0 spiro atoms. The Kier molecular flexibility index (Phi) is 23.2. The zero-order chi connectivity index (χ0) is 32.6. The van der Waals surface area contributed by atoms with Crippen LogP contribution in [0.5, 0.6) is 0 Å². The molecule has 0 amide bonds. The van der Waals surface area contributed by atoms with Crippen molar-refractivity contribution in [2.24, 2.45) is 11.8 Å². The molecule has 0 saturated heterocycles. The monoisotopic (exact) mass is 740 g/mol. The van der Waals surface area contributed by atoms with E-state index in [2.05, 4.69) is 121 Å². The molecule has 3 heteroatoms. The normalized spacial score (nSPS) is 16.6. The number of allylic oxidation sites excluding steroid dienone is 4. The van der Waals surface area contributed by atoms with Gasteiger partial charge in [-0.15, -0.1) is 42.4 Å². The van der Waals surface area contributed by atoms with Crippen molar-refractivity contribution < 1.29 is 24.2 Å². The molecule has 0 aliphatic heterocycles. The van der Waals surface area contributed by atoms with Crippen molar-refractivity contribution in [1.82, 2.24) is 0 Å². The zero-order valence-electron chi connectivity index (χ0n) is 30.4. The topological polar surface area (TPSA) is 0 Å². The third-order valence-electron chi connectivity index (χ3n) is 9.29. The van der Waals surface area contributed by atoms with E-state index in [9.17, 15) is 0 Å². The van der Waals surface area contributed by atoms with Crippen LogP contribution in [0.25, 0.3) is 11.1 Å². The molecule has 0 atom stereocenters. The molecule has 4 aliphatic rings. The van der Waals surface area contributed by atoms with Gasteiger partial charge in [-0.05, 0) is 28.4 Å². The van der Waals surface area contributed by atoms with Crippen LogP contribution < -0.4 is 0 Å². The van der Waals surface area contributed by atoms with Crippen LogP contribution in [-0.2, 0) is 41.5 Å². The molecule has 0 bridgehead atoms. The van der Waals surface area contributed by atoms with Crippen molar-refractivity contribution in [1.29, 1.82) is 0 Å². The molecule has 0 nitrogen and oxygen atoms in total. The van der Waals surface area contributed by atoms with Crippen molar-refractivity contribution in [3.8, 4) is 11.1 Å². The summed E-state index contributed by atoms with van der Waals surface area (Å²) in [5.74, 6) is 1.92. The summed E-state index contributed by atoms with van der Waals surface area (Å²) >= 11 is 1.30. The van der Waals surface area contributed by atoms with Crippen LogP contribution >= 0.6 is 24.8 Å². The molecule has 0 unspecified atom stereocenters. The fraction of sp³-hybridized carbons (Fsp3) is 0.558. The van der Waals surface area contributed by atoms with Gasteiger partial charge in [0.2, 0.25) is 0 Å². The van der Waals surface area contributed by atoms with E-state index >= 15 is 0 Å². The number of rotatable bonds is 2. The van der Waals surface area contributed by atoms with E-state index in [0.29, 0.717) is 0 Å². The average Bonchev–Trinajstić information content (AvgIpc) is 3.74. The molecule has 0 heterocycles. The van der Waals surface area contributed by atoms with Gasteiger partial charge in [-0.1, -0.05) is 130 Å². The van der Waals surface area contributed by atoms with Gasteiger partial charge in [-0.2, -0.15) is 55.5 Å². The molecule has 2 aromatic carbocycles. The van der Waals surface area contributed by atoms with Crippen molar-refractivity contribution >= 4 is 29.0 Å². The Hall–Kier alpha value is -0.747. The first-order chi connectivity index (χ1) is 21.0. The van der Waals surface area contributed by atoms with Crippen LogP contribution in [0.15, 0.2) is 48.6 Å². The first-order valence-corrected chi connectivity index (χ1v) is 19.1. The Bertz CT molecular complexity index is 1060. The maximum absolute atomic E-state index is 3.67. The number of halogens is 2. The third-order valence-corrected chi connectivity index (χ3v) is 9.29. The molecule has 4 aliphatic carbocycles. The van der Waals surface area contributed by atoms with E-state index in [0.717, 1.165) is 24.7 Å². The summed E-state index contributed by atoms with van der Waals surface area (Å²) in [5, 5.41) is 0. The van der Waals surface area contributed by atoms with Crippen molar-refractivity contribution in [2.45, 2.75) is 143 Å². The van der Waals surface area contributed by atoms with Crippen LogP contribution in [0.3, 0.4) is 0 Å². The summed E-state index contributed by atoms with van der Waals surface area (Å²) in [4.78, 5) is 0. The Morgan fingerprint density at radius 2 is 1.24 bits per heavy atom. The minimum absolute atomic E-state index is 0.